The third-order valence-corrected chi connectivity index (χ3v) is 3.47. The summed E-state index contributed by atoms with van der Waals surface area (Å²) < 4.78 is 5.17. The number of aryl methyl sites for hydroxylation is 2. The molecule has 0 bridgehead atoms. The van der Waals surface area contributed by atoms with Gasteiger partial charge >= 0.3 is 0 Å². The summed E-state index contributed by atoms with van der Waals surface area (Å²) in [6.07, 6.45) is 1.52. The van der Waals surface area contributed by atoms with Crippen molar-refractivity contribution in [3.05, 3.63) is 57.8 Å². The van der Waals surface area contributed by atoms with Gasteiger partial charge in [0.25, 0.3) is 5.56 Å². The van der Waals surface area contributed by atoms with Crippen LogP contribution in [0.5, 0.6) is 0 Å². The summed E-state index contributed by atoms with van der Waals surface area (Å²) in [4.78, 5) is 35.5. The third kappa shape index (κ3) is 3.94. The van der Waals surface area contributed by atoms with Crippen LogP contribution in [0.4, 0.5) is 0 Å². The Morgan fingerprint density at radius 1 is 1.28 bits per heavy atom. The first kappa shape index (κ1) is 16.5. The van der Waals surface area contributed by atoms with Gasteiger partial charge in [0, 0.05) is 24.4 Å². The lowest BCUT2D eigenvalue weighted by atomic mass is 10.1. The fourth-order valence-corrected chi connectivity index (χ4v) is 2.25. The molecule has 0 unspecified atom stereocenters. The SMILES string of the molecule is Cc1nnc(CNC(=O)Cc2c(C)nc(-c3ccccn3)[nH]c2=O)o1. The van der Waals surface area contributed by atoms with E-state index in [1.54, 1.807) is 38.2 Å². The molecule has 0 aliphatic heterocycles. The van der Waals surface area contributed by atoms with Crippen LogP contribution < -0.4 is 10.9 Å². The van der Waals surface area contributed by atoms with Gasteiger partial charge in [-0.1, -0.05) is 6.07 Å². The van der Waals surface area contributed by atoms with E-state index in [1.807, 2.05) is 0 Å². The van der Waals surface area contributed by atoms with Gasteiger partial charge in [0.05, 0.1) is 13.0 Å². The van der Waals surface area contributed by atoms with Gasteiger partial charge in [0.2, 0.25) is 17.7 Å². The fraction of sp³-hybridized carbons (Fsp3) is 0.250. The number of rotatable bonds is 5. The molecular weight excluding hydrogens is 324 g/mol. The monoisotopic (exact) mass is 340 g/mol. The summed E-state index contributed by atoms with van der Waals surface area (Å²) in [5.41, 5.74) is 0.981. The van der Waals surface area contributed by atoms with Crippen molar-refractivity contribution in [3.63, 3.8) is 0 Å². The molecule has 3 rings (SSSR count). The Bertz CT molecular complexity index is 948. The molecule has 9 heteroatoms. The highest BCUT2D eigenvalue weighted by atomic mass is 16.4. The van der Waals surface area contributed by atoms with Gasteiger partial charge in [-0.3, -0.25) is 14.6 Å². The molecule has 3 heterocycles. The zero-order valence-electron chi connectivity index (χ0n) is 13.7. The van der Waals surface area contributed by atoms with Crippen LogP contribution in [0.15, 0.2) is 33.6 Å². The topological polar surface area (TPSA) is 127 Å². The van der Waals surface area contributed by atoms with Crippen LogP contribution in [0.3, 0.4) is 0 Å². The average molecular weight is 340 g/mol. The number of aromatic amines is 1. The molecule has 2 N–H and O–H groups in total. The second-order valence-electron chi connectivity index (χ2n) is 5.36. The van der Waals surface area contributed by atoms with Gasteiger partial charge in [-0.05, 0) is 19.1 Å². The largest absolute Gasteiger partial charge is 0.424 e. The number of aromatic nitrogens is 5. The Morgan fingerprint density at radius 2 is 2.12 bits per heavy atom. The van der Waals surface area contributed by atoms with Crippen molar-refractivity contribution in [3.8, 4) is 11.5 Å². The maximum atomic E-state index is 12.3. The summed E-state index contributed by atoms with van der Waals surface area (Å²) in [5, 5.41) is 10.1. The molecule has 0 aliphatic carbocycles. The maximum Gasteiger partial charge on any atom is 0.255 e. The highest BCUT2D eigenvalue weighted by Crippen LogP contribution is 2.11. The van der Waals surface area contributed by atoms with Crippen LogP contribution in [0.25, 0.3) is 11.5 Å². The van der Waals surface area contributed by atoms with E-state index in [0.717, 1.165) is 0 Å². The van der Waals surface area contributed by atoms with Crippen molar-refractivity contribution in [1.82, 2.24) is 30.5 Å². The Morgan fingerprint density at radius 3 is 2.76 bits per heavy atom. The van der Waals surface area contributed by atoms with E-state index in [-0.39, 0.29) is 24.4 Å². The van der Waals surface area contributed by atoms with E-state index in [0.29, 0.717) is 34.6 Å². The van der Waals surface area contributed by atoms with E-state index >= 15 is 0 Å². The molecule has 0 fully saturated rings. The van der Waals surface area contributed by atoms with Crippen LogP contribution in [0.1, 0.15) is 23.0 Å². The van der Waals surface area contributed by atoms with Crippen molar-refractivity contribution >= 4 is 5.91 Å². The zero-order valence-corrected chi connectivity index (χ0v) is 13.7. The molecule has 0 aromatic carbocycles. The maximum absolute atomic E-state index is 12.3. The minimum absolute atomic E-state index is 0.0935. The number of hydrogen-bond acceptors (Lipinski definition) is 7. The smallest absolute Gasteiger partial charge is 0.255 e. The highest BCUT2D eigenvalue weighted by Gasteiger charge is 2.14. The van der Waals surface area contributed by atoms with Gasteiger partial charge in [-0.15, -0.1) is 10.2 Å². The predicted molar refractivity (Wildman–Crippen MR) is 87.4 cm³/mol. The summed E-state index contributed by atoms with van der Waals surface area (Å²) in [6, 6.07) is 5.33. The molecule has 128 valence electrons. The summed E-state index contributed by atoms with van der Waals surface area (Å²) in [6.45, 7) is 3.46. The Labute approximate surface area is 142 Å². The highest BCUT2D eigenvalue weighted by molar-refractivity contribution is 5.78. The minimum atomic E-state index is -0.364. The lowest BCUT2D eigenvalue weighted by Crippen LogP contribution is -2.29. The number of carbonyl (C=O) groups excluding carboxylic acids is 1. The molecule has 0 spiro atoms. The second-order valence-corrected chi connectivity index (χ2v) is 5.36. The van der Waals surface area contributed by atoms with Crippen LogP contribution in [0.2, 0.25) is 0 Å². The lowest BCUT2D eigenvalue weighted by Gasteiger charge is -2.07. The summed E-state index contributed by atoms with van der Waals surface area (Å²) in [5.74, 6) is 0.761. The number of carbonyl (C=O) groups is 1. The molecule has 0 atom stereocenters. The standard InChI is InChI=1S/C16H16N6O3/c1-9-11(7-13(23)18-8-14-22-21-10(2)25-14)16(24)20-15(19-9)12-5-3-4-6-17-12/h3-6H,7-8H2,1-2H3,(H,18,23)(H,19,20,24). The molecule has 1 amide bonds. The fourth-order valence-electron chi connectivity index (χ4n) is 2.25. The van der Waals surface area contributed by atoms with Gasteiger partial charge < -0.3 is 14.7 Å². The van der Waals surface area contributed by atoms with Crippen LogP contribution >= 0.6 is 0 Å². The second kappa shape index (κ2) is 7.04. The summed E-state index contributed by atoms with van der Waals surface area (Å²) >= 11 is 0. The molecule has 0 radical (unpaired) electrons. The first-order chi connectivity index (χ1) is 12.0. The molecule has 3 aromatic rings. The first-order valence-corrected chi connectivity index (χ1v) is 7.60. The van der Waals surface area contributed by atoms with E-state index < -0.39 is 0 Å². The molecule has 3 aromatic heterocycles. The molecule has 0 saturated carbocycles. The van der Waals surface area contributed by atoms with Crippen LogP contribution in [-0.4, -0.2) is 31.1 Å². The summed E-state index contributed by atoms with van der Waals surface area (Å²) in [7, 11) is 0. The lowest BCUT2D eigenvalue weighted by molar-refractivity contribution is -0.120. The van der Waals surface area contributed by atoms with E-state index in [4.69, 9.17) is 4.42 Å². The van der Waals surface area contributed by atoms with E-state index in [1.165, 1.54) is 0 Å². The molecular formula is C16H16N6O3. The normalized spacial score (nSPS) is 10.6. The van der Waals surface area contributed by atoms with Crippen molar-refractivity contribution in [2.75, 3.05) is 0 Å². The average Bonchev–Trinajstić information content (AvgIpc) is 3.02. The van der Waals surface area contributed by atoms with Crippen LogP contribution in [-0.2, 0) is 17.8 Å². The zero-order chi connectivity index (χ0) is 17.8. The Hall–Kier alpha value is -3.36. The Balaban J connectivity index is 1.72. The predicted octanol–water partition coefficient (Wildman–Crippen LogP) is 0.691. The van der Waals surface area contributed by atoms with Gasteiger partial charge in [0.15, 0.2) is 5.82 Å². The minimum Gasteiger partial charge on any atom is -0.424 e. The number of nitrogens with zero attached hydrogens (tertiary/aromatic N) is 4. The van der Waals surface area contributed by atoms with Gasteiger partial charge in [-0.25, -0.2) is 4.98 Å². The molecule has 25 heavy (non-hydrogen) atoms. The molecule has 0 saturated heterocycles. The molecule has 9 nitrogen and oxygen atoms in total. The first-order valence-electron chi connectivity index (χ1n) is 7.60. The number of pyridine rings is 1. The number of amides is 1. The number of hydrogen-bond donors (Lipinski definition) is 2. The Kier molecular flexibility index (Phi) is 4.64. The van der Waals surface area contributed by atoms with Crippen molar-refractivity contribution < 1.29 is 9.21 Å². The number of H-pyrrole nitrogens is 1. The van der Waals surface area contributed by atoms with Crippen molar-refractivity contribution in [1.29, 1.82) is 0 Å². The van der Waals surface area contributed by atoms with Crippen molar-refractivity contribution in [2.45, 2.75) is 26.8 Å². The quantitative estimate of drug-likeness (QED) is 0.699. The van der Waals surface area contributed by atoms with Crippen LogP contribution in [0, 0.1) is 13.8 Å². The van der Waals surface area contributed by atoms with E-state index in [9.17, 15) is 9.59 Å². The van der Waals surface area contributed by atoms with Gasteiger partial charge in [0.1, 0.15) is 5.69 Å². The molecule has 0 aliphatic rings. The van der Waals surface area contributed by atoms with Crippen molar-refractivity contribution in [2.24, 2.45) is 0 Å². The van der Waals surface area contributed by atoms with Gasteiger partial charge in [-0.2, -0.15) is 0 Å². The third-order valence-electron chi connectivity index (χ3n) is 3.47. The number of nitrogens with one attached hydrogen (secondary N) is 2. The van der Waals surface area contributed by atoms with E-state index in [2.05, 4.69) is 30.5 Å².